The predicted octanol–water partition coefficient (Wildman–Crippen LogP) is 4.27. The highest BCUT2D eigenvalue weighted by molar-refractivity contribution is 5.87. The lowest BCUT2D eigenvalue weighted by atomic mass is 9.80. The summed E-state index contributed by atoms with van der Waals surface area (Å²) >= 11 is 0. The van der Waals surface area contributed by atoms with Gasteiger partial charge in [0.2, 0.25) is 0 Å². The molecule has 2 nitrogen and oxygen atoms in total. The highest BCUT2D eigenvalue weighted by Gasteiger charge is 2.38. The SMILES string of the molecule is CCCCCCCC(=O)C1(OC)CCCCC1. The van der Waals surface area contributed by atoms with Crippen LogP contribution in [0.4, 0.5) is 0 Å². The lowest BCUT2D eigenvalue weighted by Gasteiger charge is -2.34. The fourth-order valence-electron chi connectivity index (χ4n) is 2.84. The van der Waals surface area contributed by atoms with Gasteiger partial charge in [-0.1, -0.05) is 51.9 Å². The molecule has 100 valence electrons. The fraction of sp³-hybridized carbons (Fsp3) is 0.933. The molecule has 1 aliphatic carbocycles. The molecule has 0 aromatic heterocycles. The molecule has 0 radical (unpaired) electrons. The minimum atomic E-state index is -0.414. The number of carbonyl (C=O) groups is 1. The van der Waals surface area contributed by atoms with Gasteiger partial charge in [-0.15, -0.1) is 0 Å². The van der Waals surface area contributed by atoms with E-state index in [2.05, 4.69) is 6.92 Å². The van der Waals surface area contributed by atoms with E-state index in [9.17, 15) is 4.79 Å². The molecule has 1 aliphatic rings. The van der Waals surface area contributed by atoms with Gasteiger partial charge in [0.05, 0.1) is 0 Å². The van der Waals surface area contributed by atoms with Crippen LogP contribution in [-0.4, -0.2) is 18.5 Å². The normalized spacial score (nSPS) is 19.2. The van der Waals surface area contributed by atoms with E-state index >= 15 is 0 Å². The molecule has 1 rings (SSSR count). The van der Waals surface area contributed by atoms with E-state index in [1.807, 2.05) is 0 Å². The lowest BCUT2D eigenvalue weighted by molar-refractivity contribution is -0.145. The van der Waals surface area contributed by atoms with Crippen LogP contribution in [0.15, 0.2) is 0 Å². The number of methoxy groups -OCH3 is 1. The summed E-state index contributed by atoms with van der Waals surface area (Å²) in [5.74, 6) is 0.358. The van der Waals surface area contributed by atoms with Crippen LogP contribution < -0.4 is 0 Å². The first-order valence-corrected chi connectivity index (χ1v) is 7.33. The second-order valence-electron chi connectivity index (χ2n) is 5.35. The molecule has 0 amide bonds. The van der Waals surface area contributed by atoms with Gasteiger partial charge in [0.1, 0.15) is 5.60 Å². The average molecular weight is 240 g/mol. The Morgan fingerprint density at radius 1 is 1.06 bits per heavy atom. The second-order valence-corrected chi connectivity index (χ2v) is 5.35. The Kier molecular flexibility index (Phi) is 6.79. The zero-order valence-electron chi connectivity index (χ0n) is 11.6. The van der Waals surface area contributed by atoms with Crippen LogP contribution in [0, 0.1) is 0 Å². The third kappa shape index (κ3) is 4.42. The molecular weight excluding hydrogens is 212 g/mol. The first-order valence-electron chi connectivity index (χ1n) is 7.33. The summed E-state index contributed by atoms with van der Waals surface area (Å²) in [7, 11) is 1.71. The number of hydrogen-bond acceptors (Lipinski definition) is 2. The quantitative estimate of drug-likeness (QED) is 0.592. The highest BCUT2D eigenvalue weighted by Crippen LogP contribution is 2.33. The zero-order valence-corrected chi connectivity index (χ0v) is 11.6. The van der Waals surface area contributed by atoms with E-state index in [4.69, 9.17) is 4.74 Å². The van der Waals surface area contributed by atoms with E-state index in [-0.39, 0.29) is 0 Å². The standard InChI is InChI=1S/C15H28O2/c1-3-4-5-6-8-11-14(16)15(17-2)12-9-7-10-13-15/h3-13H2,1-2H3. The summed E-state index contributed by atoms with van der Waals surface area (Å²) in [5.41, 5.74) is -0.414. The smallest absolute Gasteiger partial charge is 0.164 e. The van der Waals surface area contributed by atoms with Crippen molar-refractivity contribution in [3.8, 4) is 0 Å². The Hall–Kier alpha value is -0.370. The number of unbranched alkanes of at least 4 members (excludes halogenated alkanes) is 4. The van der Waals surface area contributed by atoms with Crippen LogP contribution in [0.5, 0.6) is 0 Å². The number of rotatable bonds is 8. The first kappa shape index (κ1) is 14.7. The molecule has 0 bridgehead atoms. The maximum absolute atomic E-state index is 12.3. The molecule has 0 aromatic carbocycles. The van der Waals surface area contributed by atoms with Crippen molar-refractivity contribution < 1.29 is 9.53 Å². The molecule has 0 aromatic rings. The minimum absolute atomic E-state index is 0.358. The van der Waals surface area contributed by atoms with Gasteiger partial charge in [-0.2, -0.15) is 0 Å². The Morgan fingerprint density at radius 2 is 1.71 bits per heavy atom. The van der Waals surface area contributed by atoms with Crippen LogP contribution in [-0.2, 0) is 9.53 Å². The largest absolute Gasteiger partial charge is 0.370 e. The van der Waals surface area contributed by atoms with Gasteiger partial charge >= 0.3 is 0 Å². The van der Waals surface area contributed by atoms with Crippen molar-refractivity contribution in [3.05, 3.63) is 0 Å². The van der Waals surface area contributed by atoms with E-state index in [1.54, 1.807) is 7.11 Å². The van der Waals surface area contributed by atoms with Crippen LogP contribution in [0.25, 0.3) is 0 Å². The molecule has 2 heteroatoms. The van der Waals surface area contributed by atoms with Crippen LogP contribution in [0.3, 0.4) is 0 Å². The summed E-state index contributed by atoms with van der Waals surface area (Å²) < 4.78 is 5.57. The molecule has 0 aliphatic heterocycles. The molecule has 1 fully saturated rings. The number of Topliss-reactive ketones (excluding diaryl/α,β-unsaturated/α-hetero) is 1. The predicted molar refractivity (Wildman–Crippen MR) is 71.2 cm³/mol. The van der Waals surface area contributed by atoms with E-state index in [0.29, 0.717) is 5.78 Å². The van der Waals surface area contributed by atoms with Crippen molar-refractivity contribution in [1.82, 2.24) is 0 Å². The van der Waals surface area contributed by atoms with Crippen molar-refractivity contribution in [2.75, 3.05) is 7.11 Å². The van der Waals surface area contributed by atoms with Crippen molar-refractivity contribution in [2.45, 2.75) is 83.2 Å². The lowest BCUT2D eigenvalue weighted by Crippen LogP contribution is -2.42. The van der Waals surface area contributed by atoms with Crippen molar-refractivity contribution in [1.29, 1.82) is 0 Å². The van der Waals surface area contributed by atoms with Crippen LogP contribution >= 0.6 is 0 Å². The van der Waals surface area contributed by atoms with Gasteiger partial charge in [-0.25, -0.2) is 0 Å². The van der Waals surface area contributed by atoms with Gasteiger partial charge in [0.15, 0.2) is 5.78 Å². The van der Waals surface area contributed by atoms with Crippen LogP contribution in [0.2, 0.25) is 0 Å². The molecule has 0 spiro atoms. The third-order valence-corrected chi connectivity index (χ3v) is 4.07. The summed E-state index contributed by atoms with van der Waals surface area (Å²) in [6, 6.07) is 0. The monoisotopic (exact) mass is 240 g/mol. The van der Waals surface area contributed by atoms with E-state index < -0.39 is 5.60 Å². The molecule has 0 atom stereocenters. The van der Waals surface area contributed by atoms with Crippen LogP contribution in [0.1, 0.15) is 77.6 Å². The molecular formula is C15H28O2. The minimum Gasteiger partial charge on any atom is -0.370 e. The van der Waals surface area contributed by atoms with Crippen molar-refractivity contribution >= 4 is 5.78 Å². The molecule has 0 unspecified atom stereocenters. The molecule has 0 N–H and O–H groups in total. The summed E-state index contributed by atoms with van der Waals surface area (Å²) in [6.07, 6.45) is 12.2. The number of ether oxygens (including phenoxy) is 1. The van der Waals surface area contributed by atoms with Gasteiger partial charge in [-0.3, -0.25) is 4.79 Å². The molecule has 17 heavy (non-hydrogen) atoms. The summed E-state index contributed by atoms with van der Waals surface area (Å²) in [6.45, 7) is 2.22. The second kappa shape index (κ2) is 7.86. The van der Waals surface area contributed by atoms with Gasteiger partial charge in [-0.05, 0) is 19.3 Å². The van der Waals surface area contributed by atoms with Gasteiger partial charge < -0.3 is 4.74 Å². The Labute approximate surface area is 106 Å². The number of carbonyl (C=O) groups excluding carboxylic acids is 1. The fourth-order valence-corrected chi connectivity index (χ4v) is 2.84. The van der Waals surface area contributed by atoms with Gasteiger partial charge in [0, 0.05) is 13.5 Å². The summed E-state index contributed by atoms with van der Waals surface area (Å²) in [5, 5.41) is 0. The first-order chi connectivity index (χ1) is 8.25. The number of hydrogen-bond donors (Lipinski definition) is 0. The molecule has 1 saturated carbocycles. The van der Waals surface area contributed by atoms with E-state index in [0.717, 1.165) is 38.5 Å². The number of ketones is 1. The Balaban J connectivity index is 2.28. The van der Waals surface area contributed by atoms with Crippen molar-refractivity contribution in [2.24, 2.45) is 0 Å². The Morgan fingerprint density at radius 3 is 2.29 bits per heavy atom. The zero-order chi connectivity index (χ0) is 12.6. The topological polar surface area (TPSA) is 26.3 Å². The maximum atomic E-state index is 12.3. The third-order valence-electron chi connectivity index (χ3n) is 4.07. The molecule has 0 heterocycles. The van der Waals surface area contributed by atoms with Crippen molar-refractivity contribution in [3.63, 3.8) is 0 Å². The highest BCUT2D eigenvalue weighted by atomic mass is 16.5. The van der Waals surface area contributed by atoms with Gasteiger partial charge in [0.25, 0.3) is 0 Å². The summed E-state index contributed by atoms with van der Waals surface area (Å²) in [4.78, 5) is 12.3. The average Bonchev–Trinajstić information content (AvgIpc) is 2.39. The maximum Gasteiger partial charge on any atom is 0.164 e. The van der Waals surface area contributed by atoms with E-state index in [1.165, 1.54) is 32.1 Å². The Bertz CT molecular complexity index is 217. The molecule has 0 saturated heterocycles.